The van der Waals surface area contributed by atoms with Crippen LogP contribution in [0.3, 0.4) is 0 Å². The zero-order valence-corrected chi connectivity index (χ0v) is 20.5. The summed E-state index contributed by atoms with van der Waals surface area (Å²) in [5, 5.41) is 13.8. The maximum Gasteiger partial charge on any atom is 0.134 e. The summed E-state index contributed by atoms with van der Waals surface area (Å²) < 4.78 is 5.75. The van der Waals surface area contributed by atoms with Gasteiger partial charge >= 0.3 is 0 Å². The van der Waals surface area contributed by atoms with E-state index in [0.29, 0.717) is 12.3 Å². The van der Waals surface area contributed by atoms with E-state index in [4.69, 9.17) is 10.1 Å². The standard InChI is InChI=1S/C27H28N8/c1-5-35-16-20(14-29-35)18-6-8-19(9-7-18)27-25-23(32-34(27)4)12-17(2)22-15-28-24(30-26(22)25)13-21-10-11-33(3)31-21/h6-11,14-17H,5,12-13H2,1-4H3. The highest BCUT2D eigenvalue weighted by molar-refractivity contribution is 5.85. The summed E-state index contributed by atoms with van der Waals surface area (Å²) in [6.07, 6.45) is 9.44. The molecule has 4 aromatic heterocycles. The molecule has 0 bridgehead atoms. The number of hydrogen-bond acceptors (Lipinski definition) is 5. The summed E-state index contributed by atoms with van der Waals surface area (Å²) >= 11 is 0. The first-order chi connectivity index (χ1) is 17.0. The van der Waals surface area contributed by atoms with Crippen LogP contribution in [0.1, 0.15) is 42.5 Å². The second-order valence-corrected chi connectivity index (χ2v) is 9.31. The van der Waals surface area contributed by atoms with Crippen molar-refractivity contribution in [2.24, 2.45) is 14.1 Å². The Hall–Kier alpha value is -4.07. The SMILES string of the molecule is CCn1cc(-c2ccc(-c3c4c(nn3C)CC(C)c3cnc(Cc5ccn(C)n5)nc3-4)cc2)cn1. The normalized spacial score (nSPS) is 14.7. The molecule has 0 aliphatic heterocycles. The van der Waals surface area contributed by atoms with E-state index < -0.39 is 0 Å². The summed E-state index contributed by atoms with van der Waals surface area (Å²) in [7, 11) is 3.95. The highest BCUT2D eigenvalue weighted by atomic mass is 15.3. The van der Waals surface area contributed by atoms with Crippen molar-refractivity contribution >= 4 is 0 Å². The fourth-order valence-electron chi connectivity index (χ4n) is 5.00. The second-order valence-electron chi connectivity index (χ2n) is 9.31. The van der Waals surface area contributed by atoms with E-state index in [1.54, 1.807) is 0 Å². The van der Waals surface area contributed by atoms with Crippen LogP contribution in [0.2, 0.25) is 0 Å². The van der Waals surface area contributed by atoms with Crippen LogP contribution in [-0.2, 0) is 33.5 Å². The molecule has 4 heterocycles. The molecule has 1 aliphatic carbocycles. The van der Waals surface area contributed by atoms with Crippen LogP contribution >= 0.6 is 0 Å². The van der Waals surface area contributed by atoms with Gasteiger partial charge in [0.1, 0.15) is 5.82 Å². The summed E-state index contributed by atoms with van der Waals surface area (Å²) in [4.78, 5) is 9.75. The molecule has 8 nitrogen and oxygen atoms in total. The van der Waals surface area contributed by atoms with Gasteiger partial charge in [-0.15, -0.1) is 0 Å². The highest BCUT2D eigenvalue weighted by Crippen LogP contribution is 2.43. The van der Waals surface area contributed by atoms with Crippen molar-refractivity contribution in [1.82, 2.24) is 39.3 Å². The van der Waals surface area contributed by atoms with Crippen molar-refractivity contribution in [3.05, 3.63) is 77.9 Å². The Bertz CT molecular complexity index is 1520. The van der Waals surface area contributed by atoms with Gasteiger partial charge in [0.25, 0.3) is 0 Å². The molecule has 0 fully saturated rings. The third-order valence-electron chi connectivity index (χ3n) is 6.81. The molecule has 0 radical (unpaired) electrons. The number of benzene rings is 1. The van der Waals surface area contributed by atoms with Crippen LogP contribution < -0.4 is 0 Å². The van der Waals surface area contributed by atoms with E-state index in [9.17, 15) is 0 Å². The van der Waals surface area contributed by atoms with Gasteiger partial charge in [-0.1, -0.05) is 31.2 Å². The lowest BCUT2D eigenvalue weighted by atomic mass is 9.84. The Kier molecular flexibility index (Phi) is 5.09. The molecule has 1 unspecified atom stereocenters. The predicted octanol–water partition coefficient (Wildman–Crippen LogP) is 4.41. The van der Waals surface area contributed by atoms with E-state index in [-0.39, 0.29) is 0 Å². The van der Waals surface area contributed by atoms with Crippen LogP contribution in [-0.4, -0.2) is 39.3 Å². The van der Waals surface area contributed by atoms with Crippen molar-refractivity contribution in [3.8, 4) is 33.6 Å². The second kappa shape index (κ2) is 8.30. The zero-order chi connectivity index (χ0) is 24.1. The lowest BCUT2D eigenvalue weighted by Crippen LogP contribution is -2.12. The fourth-order valence-corrected chi connectivity index (χ4v) is 5.00. The van der Waals surface area contributed by atoms with Gasteiger partial charge in [-0.3, -0.25) is 14.0 Å². The summed E-state index contributed by atoms with van der Waals surface area (Å²) in [5.74, 6) is 1.10. The van der Waals surface area contributed by atoms with E-state index >= 15 is 0 Å². The molecule has 8 heteroatoms. The van der Waals surface area contributed by atoms with Crippen LogP contribution in [0.4, 0.5) is 0 Å². The Morgan fingerprint density at radius 3 is 2.49 bits per heavy atom. The minimum Gasteiger partial charge on any atom is -0.276 e. The van der Waals surface area contributed by atoms with Crippen LogP contribution in [0, 0.1) is 0 Å². The van der Waals surface area contributed by atoms with Gasteiger partial charge in [0.15, 0.2) is 0 Å². The van der Waals surface area contributed by atoms with Gasteiger partial charge in [0.2, 0.25) is 0 Å². The molecule has 1 atom stereocenters. The molecule has 0 saturated carbocycles. The first-order valence-corrected chi connectivity index (χ1v) is 12.0. The Morgan fingerprint density at radius 2 is 1.77 bits per heavy atom. The summed E-state index contributed by atoms with van der Waals surface area (Å²) in [6, 6.07) is 10.7. The smallest absolute Gasteiger partial charge is 0.134 e. The molecule has 0 amide bonds. The molecule has 1 aromatic carbocycles. The molecular weight excluding hydrogens is 436 g/mol. The van der Waals surface area contributed by atoms with Gasteiger partial charge < -0.3 is 0 Å². The Balaban J connectivity index is 1.41. The topological polar surface area (TPSA) is 79.2 Å². The molecule has 5 aromatic rings. The number of hydrogen-bond donors (Lipinski definition) is 0. The van der Waals surface area contributed by atoms with Crippen LogP contribution in [0.15, 0.2) is 55.1 Å². The van der Waals surface area contributed by atoms with Crippen molar-refractivity contribution < 1.29 is 0 Å². The maximum atomic E-state index is 5.06. The average Bonchev–Trinajstić information content (AvgIpc) is 3.57. The van der Waals surface area contributed by atoms with Gasteiger partial charge in [-0.25, -0.2) is 9.97 Å². The van der Waals surface area contributed by atoms with E-state index in [0.717, 1.165) is 63.8 Å². The van der Waals surface area contributed by atoms with Crippen molar-refractivity contribution in [3.63, 3.8) is 0 Å². The lowest BCUT2D eigenvalue weighted by molar-refractivity contribution is 0.660. The molecule has 1 aliphatic rings. The average molecular weight is 465 g/mol. The third kappa shape index (κ3) is 3.75. The highest BCUT2D eigenvalue weighted by Gasteiger charge is 2.30. The zero-order valence-electron chi connectivity index (χ0n) is 20.5. The van der Waals surface area contributed by atoms with Crippen LogP contribution in [0.25, 0.3) is 33.6 Å². The number of aromatic nitrogens is 8. The quantitative estimate of drug-likeness (QED) is 0.385. The molecule has 35 heavy (non-hydrogen) atoms. The van der Waals surface area contributed by atoms with Crippen molar-refractivity contribution in [2.45, 2.75) is 39.2 Å². The monoisotopic (exact) mass is 464 g/mol. The fraction of sp³-hybridized carbons (Fsp3) is 0.296. The maximum absolute atomic E-state index is 5.06. The van der Waals surface area contributed by atoms with E-state index in [2.05, 4.69) is 59.5 Å². The first-order valence-electron chi connectivity index (χ1n) is 12.0. The van der Waals surface area contributed by atoms with Gasteiger partial charge in [-0.05, 0) is 30.9 Å². The number of fused-ring (bicyclic) bond motifs is 3. The van der Waals surface area contributed by atoms with Crippen molar-refractivity contribution in [1.29, 1.82) is 0 Å². The van der Waals surface area contributed by atoms with Gasteiger partial charge in [-0.2, -0.15) is 15.3 Å². The molecule has 176 valence electrons. The lowest BCUT2D eigenvalue weighted by Gasteiger charge is -2.22. The molecule has 0 spiro atoms. The Labute approximate surface area is 204 Å². The number of nitrogens with zero attached hydrogens (tertiary/aromatic N) is 8. The van der Waals surface area contributed by atoms with Gasteiger partial charge in [0, 0.05) is 61.5 Å². The molecular formula is C27H28N8. The summed E-state index contributed by atoms with van der Waals surface area (Å²) in [6.45, 7) is 5.18. The molecule has 6 rings (SSSR count). The largest absolute Gasteiger partial charge is 0.276 e. The van der Waals surface area contributed by atoms with E-state index in [1.165, 1.54) is 5.56 Å². The minimum atomic E-state index is 0.321. The van der Waals surface area contributed by atoms with Gasteiger partial charge in [0.05, 0.1) is 35.4 Å². The first kappa shape index (κ1) is 21.5. The van der Waals surface area contributed by atoms with E-state index in [1.807, 2.05) is 52.8 Å². The minimum absolute atomic E-state index is 0.321. The summed E-state index contributed by atoms with van der Waals surface area (Å²) in [5.41, 5.74) is 9.84. The Morgan fingerprint density at radius 1 is 0.971 bits per heavy atom. The van der Waals surface area contributed by atoms with Crippen LogP contribution in [0.5, 0.6) is 0 Å². The molecule has 0 N–H and O–H groups in total. The number of rotatable bonds is 5. The van der Waals surface area contributed by atoms with Crippen molar-refractivity contribution in [2.75, 3.05) is 0 Å². The number of aryl methyl sites for hydroxylation is 3. The predicted molar refractivity (Wildman–Crippen MR) is 135 cm³/mol. The third-order valence-corrected chi connectivity index (χ3v) is 6.81. The molecule has 0 saturated heterocycles.